The van der Waals surface area contributed by atoms with Gasteiger partial charge in [-0.2, -0.15) is 0 Å². The van der Waals surface area contributed by atoms with Crippen LogP contribution in [0.3, 0.4) is 0 Å². The number of thioether (sulfide) groups is 1. The Balaban J connectivity index is 1.91. The van der Waals surface area contributed by atoms with Crippen LogP contribution in [0.2, 0.25) is 0 Å². The highest BCUT2D eigenvalue weighted by Crippen LogP contribution is 2.23. The maximum absolute atomic E-state index is 12.1. The van der Waals surface area contributed by atoms with Crippen LogP contribution in [-0.2, 0) is 4.79 Å². The highest BCUT2D eigenvalue weighted by atomic mass is 32.2. The lowest BCUT2D eigenvalue weighted by molar-refractivity contribution is -0.113. The third-order valence-corrected chi connectivity index (χ3v) is 4.24. The lowest BCUT2D eigenvalue weighted by Crippen LogP contribution is -2.16. The lowest BCUT2D eigenvalue weighted by atomic mass is 10.1. The standard InChI is InChI=1S/C16H22N4O2S/c1-9(2)14(17)15-19-20-16(22-15)23-8-13(21)18-12-7-10(3)5-6-11(12)4/h5-7,9,14H,8,17H2,1-4H3,(H,18,21)/t14-/m1/s1. The molecule has 0 fully saturated rings. The van der Waals surface area contributed by atoms with E-state index in [0.717, 1.165) is 16.8 Å². The van der Waals surface area contributed by atoms with Crippen molar-refractivity contribution < 1.29 is 9.21 Å². The largest absolute Gasteiger partial charge is 0.414 e. The molecule has 0 radical (unpaired) electrons. The third-order valence-electron chi connectivity index (χ3n) is 3.42. The second-order valence-electron chi connectivity index (χ2n) is 5.83. The van der Waals surface area contributed by atoms with E-state index in [4.69, 9.17) is 10.2 Å². The summed E-state index contributed by atoms with van der Waals surface area (Å²) in [7, 11) is 0. The normalized spacial score (nSPS) is 12.4. The summed E-state index contributed by atoms with van der Waals surface area (Å²) in [5.74, 6) is 0.696. The predicted molar refractivity (Wildman–Crippen MR) is 91.3 cm³/mol. The van der Waals surface area contributed by atoms with Crippen LogP contribution in [0, 0.1) is 19.8 Å². The quantitative estimate of drug-likeness (QED) is 0.789. The van der Waals surface area contributed by atoms with Crippen molar-refractivity contribution in [3.05, 3.63) is 35.2 Å². The number of nitrogens with two attached hydrogens (primary N) is 1. The molecule has 0 aliphatic carbocycles. The minimum absolute atomic E-state index is 0.114. The van der Waals surface area contributed by atoms with Gasteiger partial charge >= 0.3 is 0 Å². The van der Waals surface area contributed by atoms with E-state index in [2.05, 4.69) is 15.5 Å². The summed E-state index contributed by atoms with van der Waals surface area (Å²) in [5.41, 5.74) is 8.90. The van der Waals surface area contributed by atoms with Gasteiger partial charge in [0.15, 0.2) is 0 Å². The first kappa shape index (κ1) is 17.5. The minimum atomic E-state index is -0.291. The highest BCUT2D eigenvalue weighted by Gasteiger charge is 2.18. The molecule has 0 saturated heterocycles. The maximum atomic E-state index is 12.1. The van der Waals surface area contributed by atoms with Gasteiger partial charge in [0.25, 0.3) is 5.22 Å². The second-order valence-corrected chi connectivity index (χ2v) is 6.76. The number of hydrogen-bond acceptors (Lipinski definition) is 6. The molecule has 0 spiro atoms. The number of benzene rings is 1. The topological polar surface area (TPSA) is 94.0 Å². The van der Waals surface area contributed by atoms with Crippen molar-refractivity contribution in [2.75, 3.05) is 11.1 Å². The van der Waals surface area contributed by atoms with Crippen molar-refractivity contribution >= 4 is 23.4 Å². The van der Waals surface area contributed by atoms with Crippen LogP contribution < -0.4 is 11.1 Å². The van der Waals surface area contributed by atoms with Crippen molar-refractivity contribution in [1.29, 1.82) is 0 Å². The van der Waals surface area contributed by atoms with E-state index in [0.29, 0.717) is 11.1 Å². The number of anilines is 1. The van der Waals surface area contributed by atoms with Crippen molar-refractivity contribution in [3.8, 4) is 0 Å². The van der Waals surface area contributed by atoms with Gasteiger partial charge < -0.3 is 15.5 Å². The number of amides is 1. The number of aryl methyl sites for hydroxylation is 2. The Morgan fingerprint density at radius 3 is 2.78 bits per heavy atom. The fourth-order valence-electron chi connectivity index (χ4n) is 1.88. The Labute approximate surface area is 140 Å². The number of nitrogens with one attached hydrogen (secondary N) is 1. The Morgan fingerprint density at radius 1 is 1.35 bits per heavy atom. The number of nitrogens with zero attached hydrogens (tertiary/aromatic N) is 2. The fraction of sp³-hybridized carbons (Fsp3) is 0.438. The Hall–Kier alpha value is -1.86. The lowest BCUT2D eigenvalue weighted by Gasteiger charge is -2.09. The second kappa shape index (κ2) is 7.61. The SMILES string of the molecule is Cc1ccc(C)c(NC(=O)CSc2nnc([C@H](N)C(C)C)o2)c1. The summed E-state index contributed by atoms with van der Waals surface area (Å²) in [6.07, 6.45) is 0. The summed E-state index contributed by atoms with van der Waals surface area (Å²) in [6.45, 7) is 7.92. The third kappa shape index (κ3) is 4.80. The van der Waals surface area contributed by atoms with Gasteiger partial charge in [0, 0.05) is 5.69 Å². The molecule has 1 heterocycles. The monoisotopic (exact) mass is 334 g/mol. The highest BCUT2D eigenvalue weighted by molar-refractivity contribution is 7.99. The van der Waals surface area contributed by atoms with Gasteiger partial charge in [0.2, 0.25) is 11.8 Å². The molecule has 2 aromatic rings. The van der Waals surface area contributed by atoms with Crippen molar-refractivity contribution in [2.24, 2.45) is 11.7 Å². The van der Waals surface area contributed by atoms with Gasteiger partial charge in [-0.15, -0.1) is 10.2 Å². The zero-order chi connectivity index (χ0) is 17.0. The van der Waals surface area contributed by atoms with Gasteiger partial charge in [-0.25, -0.2) is 0 Å². The molecule has 1 aromatic carbocycles. The maximum Gasteiger partial charge on any atom is 0.277 e. The van der Waals surface area contributed by atoms with Gasteiger partial charge in [0.1, 0.15) is 0 Å². The van der Waals surface area contributed by atoms with Crippen molar-refractivity contribution in [1.82, 2.24) is 10.2 Å². The van der Waals surface area contributed by atoms with Crippen LogP contribution in [-0.4, -0.2) is 21.9 Å². The van der Waals surface area contributed by atoms with Gasteiger partial charge in [-0.1, -0.05) is 37.7 Å². The molecule has 0 saturated carbocycles. The van der Waals surface area contributed by atoms with E-state index in [1.54, 1.807) is 0 Å². The summed E-state index contributed by atoms with van der Waals surface area (Å²) in [6, 6.07) is 5.65. The Kier molecular flexibility index (Phi) is 5.79. The molecule has 6 nitrogen and oxygen atoms in total. The van der Waals surface area contributed by atoms with E-state index in [-0.39, 0.29) is 23.6 Å². The molecule has 0 aliphatic rings. The average molecular weight is 334 g/mol. The average Bonchev–Trinajstić information content (AvgIpc) is 2.97. The molecular formula is C16H22N4O2S. The van der Waals surface area contributed by atoms with Crippen LogP contribution >= 0.6 is 11.8 Å². The summed E-state index contributed by atoms with van der Waals surface area (Å²) in [5, 5.41) is 11.1. The van der Waals surface area contributed by atoms with Gasteiger partial charge in [-0.3, -0.25) is 4.79 Å². The molecule has 2 rings (SSSR count). The Morgan fingerprint density at radius 2 is 2.09 bits per heavy atom. The molecule has 23 heavy (non-hydrogen) atoms. The molecule has 124 valence electrons. The van der Waals surface area contributed by atoms with Crippen LogP contribution in [0.15, 0.2) is 27.8 Å². The molecule has 1 aromatic heterocycles. The fourth-order valence-corrected chi connectivity index (χ4v) is 2.45. The van der Waals surface area contributed by atoms with E-state index in [9.17, 15) is 4.79 Å². The van der Waals surface area contributed by atoms with Gasteiger partial charge in [0.05, 0.1) is 11.8 Å². The first-order valence-electron chi connectivity index (χ1n) is 7.45. The van der Waals surface area contributed by atoms with Crippen LogP contribution in [0.25, 0.3) is 0 Å². The van der Waals surface area contributed by atoms with Crippen LogP contribution in [0.5, 0.6) is 0 Å². The van der Waals surface area contributed by atoms with Crippen LogP contribution in [0.1, 0.15) is 36.9 Å². The molecule has 0 aliphatic heterocycles. The molecule has 1 amide bonds. The van der Waals surface area contributed by atoms with Gasteiger partial charge in [-0.05, 0) is 37.0 Å². The number of hydrogen-bond donors (Lipinski definition) is 2. The zero-order valence-corrected chi connectivity index (χ0v) is 14.6. The molecular weight excluding hydrogens is 312 g/mol. The van der Waals surface area contributed by atoms with E-state index < -0.39 is 0 Å². The number of rotatable bonds is 6. The van der Waals surface area contributed by atoms with E-state index >= 15 is 0 Å². The molecule has 0 unspecified atom stereocenters. The minimum Gasteiger partial charge on any atom is -0.414 e. The van der Waals surface area contributed by atoms with Crippen molar-refractivity contribution in [3.63, 3.8) is 0 Å². The first-order valence-corrected chi connectivity index (χ1v) is 8.44. The smallest absolute Gasteiger partial charge is 0.277 e. The summed E-state index contributed by atoms with van der Waals surface area (Å²) < 4.78 is 5.49. The molecule has 0 bridgehead atoms. The summed E-state index contributed by atoms with van der Waals surface area (Å²) >= 11 is 1.20. The summed E-state index contributed by atoms with van der Waals surface area (Å²) in [4.78, 5) is 12.1. The number of carbonyl (C=O) groups is 1. The molecule has 1 atom stereocenters. The van der Waals surface area contributed by atoms with E-state index in [1.165, 1.54) is 11.8 Å². The zero-order valence-electron chi connectivity index (χ0n) is 13.8. The van der Waals surface area contributed by atoms with Crippen LogP contribution in [0.4, 0.5) is 5.69 Å². The first-order chi connectivity index (χ1) is 10.9. The molecule has 3 N–H and O–H groups in total. The van der Waals surface area contributed by atoms with E-state index in [1.807, 2.05) is 45.9 Å². The number of carbonyl (C=O) groups excluding carboxylic acids is 1. The molecule has 7 heteroatoms. The predicted octanol–water partition coefficient (Wildman–Crippen LogP) is 3.07. The Bertz CT molecular complexity index is 684. The number of aromatic nitrogens is 2. The van der Waals surface area contributed by atoms with Crippen molar-refractivity contribution in [2.45, 2.75) is 39.0 Å².